The number of nitrogens with one attached hydrogen (secondary N) is 1. The van der Waals surface area contributed by atoms with Crippen molar-refractivity contribution in [3.8, 4) is 11.5 Å². The quantitative estimate of drug-likeness (QED) is 0.889. The number of carbonyl (C=O) groups is 1. The molecule has 0 aliphatic rings. The highest BCUT2D eigenvalue weighted by Gasteiger charge is 2.13. The molecular formula is C17H23N3O3. The molecule has 0 unspecified atom stereocenters. The molecule has 1 amide bonds. The molecule has 0 radical (unpaired) electrons. The number of amides is 1. The van der Waals surface area contributed by atoms with Gasteiger partial charge in [0, 0.05) is 25.2 Å². The van der Waals surface area contributed by atoms with E-state index in [9.17, 15) is 4.79 Å². The molecule has 0 bridgehead atoms. The number of aryl methyl sites for hydroxylation is 2. The number of carbonyl (C=O) groups excluding carboxylic acids is 1. The third-order valence-corrected chi connectivity index (χ3v) is 3.94. The average molecular weight is 317 g/mol. The third-order valence-electron chi connectivity index (χ3n) is 3.94. The van der Waals surface area contributed by atoms with Gasteiger partial charge >= 0.3 is 0 Å². The minimum atomic E-state index is -0.0702. The van der Waals surface area contributed by atoms with Crippen LogP contribution in [0.5, 0.6) is 11.5 Å². The number of hydrogen-bond acceptors (Lipinski definition) is 4. The van der Waals surface area contributed by atoms with E-state index in [1.165, 1.54) is 0 Å². The molecule has 0 aliphatic carbocycles. The van der Waals surface area contributed by atoms with Crippen LogP contribution in [0.3, 0.4) is 0 Å². The fourth-order valence-corrected chi connectivity index (χ4v) is 2.54. The first-order chi connectivity index (χ1) is 11.0. The first kappa shape index (κ1) is 16.9. The normalized spacial score (nSPS) is 10.5. The summed E-state index contributed by atoms with van der Waals surface area (Å²) in [4.78, 5) is 12.2. The maximum Gasteiger partial charge on any atom is 0.224 e. The van der Waals surface area contributed by atoms with Crippen LogP contribution >= 0.6 is 0 Å². The lowest BCUT2D eigenvalue weighted by Crippen LogP contribution is -2.13. The fourth-order valence-electron chi connectivity index (χ4n) is 2.54. The summed E-state index contributed by atoms with van der Waals surface area (Å²) in [5.41, 5.74) is 3.79. The summed E-state index contributed by atoms with van der Waals surface area (Å²) < 4.78 is 12.3. The van der Waals surface area contributed by atoms with Crippen molar-refractivity contribution in [3.05, 3.63) is 35.2 Å². The van der Waals surface area contributed by atoms with Crippen LogP contribution in [0.1, 0.15) is 23.4 Å². The fraction of sp³-hybridized carbons (Fsp3) is 0.412. The second-order valence-electron chi connectivity index (χ2n) is 5.39. The minimum absolute atomic E-state index is 0.0702. The molecule has 0 aliphatic heterocycles. The molecule has 0 saturated carbocycles. The summed E-state index contributed by atoms with van der Waals surface area (Å²) >= 11 is 0. The molecule has 1 aromatic heterocycles. The average Bonchev–Trinajstić information content (AvgIpc) is 2.78. The van der Waals surface area contributed by atoms with E-state index in [0.29, 0.717) is 30.0 Å². The summed E-state index contributed by atoms with van der Waals surface area (Å²) in [5.74, 6) is 1.20. The number of rotatable bonds is 6. The van der Waals surface area contributed by atoms with E-state index in [1.807, 2.05) is 25.6 Å². The van der Waals surface area contributed by atoms with Gasteiger partial charge < -0.3 is 14.8 Å². The van der Waals surface area contributed by atoms with Crippen LogP contribution < -0.4 is 14.8 Å². The number of anilines is 1. The van der Waals surface area contributed by atoms with E-state index in [0.717, 1.165) is 17.0 Å². The van der Waals surface area contributed by atoms with Crippen molar-refractivity contribution in [2.24, 2.45) is 7.05 Å². The van der Waals surface area contributed by atoms with Crippen LogP contribution in [-0.4, -0.2) is 29.9 Å². The van der Waals surface area contributed by atoms with E-state index in [2.05, 4.69) is 10.4 Å². The lowest BCUT2D eigenvalue weighted by Gasteiger charge is -2.11. The number of hydrogen-bond donors (Lipinski definition) is 1. The molecule has 6 heteroatoms. The van der Waals surface area contributed by atoms with Crippen molar-refractivity contribution >= 4 is 11.6 Å². The molecule has 0 spiro atoms. The van der Waals surface area contributed by atoms with Gasteiger partial charge in [0.2, 0.25) is 5.91 Å². The van der Waals surface area contributed by atoms with Crippen LogP contribution in [-0.2, 0) is 18.3 Å². The van der Waals surface area contributed by atoms with Crippen molar-refractivity contribution in [1.82, 2.24) is 9.78 Å². The van der Waals surface area contributed by atoms with Crippen molar-refractivity contribution in [2.45, 2.75) is 26.7 Å². The zero-order chi connectivity index (χ0) is 17.0. The third kappa shape index (κ3) is 3.83. The van der Waals surface area contributed by atoms with Crippen LogP contribution in [0.4, 0.5) is 5.69 Å². The maximum atomic E-state index is 12.2. The Bertz CT molecular complexity index is 707. The second-order valence-corrected chi connectivity index (χ2v) is 5.39. The number of methoxy groups -OCH3 is 2. The van der Waals surface area contributed by atoms with Crippen LogP contribution in [0.15, 0.2) is 18.2 Å². The Morgan fingerprint density at radius 3 is 2.57 bits per heavy atom. The van der Waals surface area contributed by atoms with Gasteiger partial charge in [0.15, 0.2) is 0 Å². The van der Waals surface area contributed by atoms with Crippen molar-refractivity contribution < 1.29 is 14.3 Å². The Hall–Kier alpha value is -2.50. The predicted octanol–water partition coefficient (Wildman–Crippen LogP) is 2.63. The van der Waals surface area contributed by atoms with E-state index in [4.69, 9.17) is 9.47 Å². The van der Waals surface area contributed by atoms with Crippen molar-refractivity contribution in [3.63, 3.8) is 0 Å². The Morgan fingerprint density at radius 2 is 2.00 bits per heavy atom. The van der Waals surface area contributed by atoms with Crippen LogP contribution in [0, 0.1) is 13.8 Å². The monoisotopic (exact) mass is 317 g/mol. The van der Waals surface area contributed by atoms with E-state index < -0.39 is 0 Å². The number of aromatic nitrogens is 2. The highest BCUT2D eigenvalue weighted by molar-refractivity contribution is 5.92. The standard InChI is InChI=1S/C17H23N3O3/c1-11-14(12(2)20(3)19-11)7-9-17(21)18-15-10-13(22-4)6-8-16(15)23-5/h6,8,10H,7,9H2,1-5H3,(H,18,21). The van der Waals surface area contributed by atoms with Crippen LogP contribution in [0.2, 0.25) is 0 Å². The second kappa shape index (κ2) is 7.17. The summed E-state index contributed by atoms with van der Waals surface area (Å²) in [6.45, 7) is 3.98. The van der Waals surface area contributed by atoms with Gasteiger partial charge in [-0.1, -0.05) is 0 Å². The molecule has 0 fully saturated rings. The smallest absolute Gasteiger partial charge is 0.224 e. The Labute approximate surface area is 136 Å². The molecular weight excluding hydrogens is 294 g/mol. The number of ether oxygens (including phenoxy) is 2. The molecule has 1 aromatic carbocycles. The van der Waals surface area contributed by atoms with Gasteiger partial charge in [-0.2, -0.15) is 5.10 Å². The Morgan fingerprint density at radius 1 is 1.26 bits per heavy atom. The predicted molar refractivity (Wildman–Crippen MR) is 89.2 cm³/mol. The minimum Gasteiger partial charge on any atom is -0.497 e. The molecule has 23 heavy (non-hydrogen) atoms. The lowest BCUT2D eigenvalue weighted by molar-refractivity contribution is -0.116. The van der Waals surface area contributed by atoms with Crippen molar-refractivity contribution in [2.75, 3.05) is 19.5 Å². The highest BCUT2D eigenvalue weighted by atomic mass is 16.5. The van der Waals surface area contributed by atoms with Gasteiger partial charge in [0.25, 0.3) is 0 Å². The molecule has 0 atom stereocenters. The zero-order valence-electron chi connectivity index (χ0n) is 14.3. The molecule has 0 saturated heterocycles. The first-order valence-corrected chi connectivity index (χ1v) is 7.47. The topological polar surface area (TPSA) is 65.4 Å². The van der Waals surface area contributed by atoms with Crippen molar-refractivity contribution in [1.29, 1.82) is 0 Å². The molecule has 2 aromatic rings. The van der Waals surface area contributed by atoms with E-state index >= 15 is 0 Å². The molecule has 6 nitrogen and oxygen atoms in total. The zero-order valence-corrected chi connectivity index (χ0v) is 14.3. The molecule has 2 rings (SSSR count). The summed E-state index contributed by atoms with van der Waals surface area (Å²) in [6.07, 6.45) is 1.04. The number of nitrogens with zero attached hydrogens (tertiary/aromatic N) is 2. The lowest BCUT2D eigenvalue weighted by atomic mass is 10.1. The van der Waals surface area contributed by atoms with Gasteiger partial charge in [-0.25, -0.2) is 0 Å². The number of benzene rings is 1. The summed E-state index contributed by atoms with van der Waals surface area (Å²) in [7, 11) is 5.06. The summed E-state index contributed by atoms with van der Waals surface area (Å²) in [6, 6.07) is 5.30. The Kier molecular flexibility index (Phi) is 5.26. The van der Waals surface area contributed by atoms with Gasteiger partial charge in [-0.15, -0.1) is 0 Å². The maximum absolute atomic E-state index is 12.2. The van der Waals surface area contributed by atoms with E-state index in [1.54, 1.807) is 32.4 Å². The molecule has 124 valence electrons. The highest BCUT2D eigenvalue weighted by Crippen LogP contribution is 2.29. The largest absolute Gasteiger partial charge is 0.497 e. The Balaban J connectivity index is 2.05. The molecule has 1 heterocycles. The van der Waals surface area contributed by atoms with Crippen LogP contribution in [0.25, 0.3) is 0 Å². The van der Waals surface area contributed by atoms with Gasteiger partial charge in [-0.05, 0) is 38.0 Å². The first-order valence-electron chi connectivity index (χ1n) is 7.47. The van der Waals surface area contributed by atoms with Gasteiger partial charge in [-0.3, -0.25) is 9.48 Å². The van der Waals surface area contributed by atoms with E-state index in [-0.39, 0.29) is 5.91 Å². The molecule has 1 N–H and O–H groups in total. The SMILES string of the molecule is COc1ccc(OC)c(NC(=O)CCc2c(C)nn(C)c2C)c1. The van der Waals surface area contributed by atoms with Gasteiger partial charge in [0.05, 0.1) is 25.6 Å². The van der Waals surface area contributed by atoms with Gasteiger partial charge in [0.1, 0.15) is 11.5 Å². The summed E-state index contributed by atoms with van der Waals surface area (Å²) in [5, 5.41) is 7.25.